The topological polar surface area (TPSA) is 49.4 Å². The van der Waals surface area contributed by atoms with Crippen LogP contribution in [0.25, 0.3) is 0 Å². The largest absolute Gasteiger partial charge is 0.294 e. The van der Waals surface area contributed by atoms with Crippen LogP contribution in [-0.4, -0.2) is 35.8 Å². The van der Waals surface area contributed by atoms with E-state index >= 15 is 0 Å². The van der Waals surface area contributed by atoms with Crippen molar-refractivity contribution in [3.63, 3.8) is 0 Å². The van der Waals surface area contributed by atoms with Crippen LogP contribution in [0.5, 0.6) is 0 Å². The van der Waals surface area contributed by atoms with E-state index in [1.807, 2.05) is 6.92 Å². The molecule has 66 valence electrons. The lowest BCUT2D eigenvalue weighted by molar-refractivity contribution is -0.136. The highest BCUT2D eigenvalue weighted by molar-refractivity contribution is 5.99. The van der Waals surface area contributed by atoms with Crippen molar-refractivity contribution < 1.29 is 9.59 Å². The molecule has 0 aromatic rings. The van der Waals surface area contributed by atoms with Gasteiger partial charge in [0.05, 0.1) is 13.1 Å². The highest BCUT2D eigenvalue weighted by Gasteiger charge is 2.24. The van der Waals surface area contributed by atoms with Gasteiger partial charge in [0.1, 0.15) is 0 Å². The molecule has 1 atom stereocenters. The van der Waals surface area contributed by atoms with Crippen molar-refractivity contribution in [1.82, 2.24) is 10.2 Å². The molecule has 0 radical (unpaired) electrons. The van der Waals surface area contributed by atoms with Crippen molar-refractivity contribution in [2.45, 2.75) is 13.0 Å². The molecular weight excluding hydrogens is 156 g/mol. The molecule has 1 heterocycles. The summed E-state index contributed by atoms with van der Waals surface area (Å²) >= 11 is 0. The SMILES string of the molecule is C=CC(C)N1CC(=O)NC(=O)C1. The van der Waals surface area contributed by atoms with Crippen molar-refractivity contribution in [3.8, 4) is 0 Å². The van der Waals surface area contributed by atoms with Gasteiger partial charge in [-0.3, -0.25) is 19.8 Å². The van der Waals surface area contributed by atoms with E-state index < -0.39 is 0 Å². The van der Waals surface area contributed by atoms with E-state index in [9.17, 15) is 9.59 Å². The third-order valence-corrected chi connectivity index (χ3v) is 1.89. The second kappa shape index (κ2) is 3.49. The first kappa shape index (κ1) is 8.93. The summed E-state index contributed by atoms with van der Waals surface area (Å²) in [5.41, 5.74) is 0. The second-order valence-electron chi connectivity index (χ2n) is 2.85. The molecule has 1 aliphatic heterocycles. The van der Waals surface area contributed by atoms with Crippen molar-refractivity contribution in [2.24, 2.45) is 0 Å². The maximum Gasteiger partial charge on any atom is 0.240 e. The molecule has 0 bridgehead atoms. The van der Waals surface area contributed by atoms with Crippen LogP contribution in [0, 0.1) is 0 Å². The van der Waals surface area contributed by atoms with Gasteiger partial charge in [0.15, 0.2) is 0 Å². The Hall–Kier alpha value is -1.16. The van der Waals surface area contributed by atoms with E-state index in [-0.39, 0.29) is 30.9 Å². The predicted molar refractivity (Wildman–Crippen MR) is 44.4 cm³/mol. The number of hydrogen-bond acceptors (Lipinski definition) is 3. The summed E-state index contributed by atoms with van der Waals surface area (Å²) in [7, 11) is 0. The molecule has 0 aromatic heterocycles. The third kappa shape index (κ3) is 1.92. The molecule has 1 saturated heterocycles. The Labute approximate surface area is 71.2 Å². The number of nitrogens with one attached hydrogen (secondary N) is 1. The maximum absolute atomic E-state index is 10.9. The van der Waals surface area contributed by atoms with Gasteiger partial charge in [-0.05, 0) is 6.92 Å². The van der Waals surface area contributed by atoms with Gasteiger partial charge in [0, 0.05) is 6.04 Å². The number of amides is 2. The Balaban J connectivity index is 2.60. The number of hydrogen-bond donors (Lipinski definition) is 1. The lowest BCUT2D eigenvalue weighted by atomic mass is 10.2. The van der Waals surface area contributed by atoms with Crippen molar-refractivity contribution >= 4 is 11.8 Å². The van der Waals surface area contributed by atoms with Crippen LogP contribution in [0.4, 0.5) is 0 Å². The normalized spacial score (nSPS) is 21.8. The molecule has 1 unspecified atom stereocenters. The molecule has 0 aliphatic carbocycles. The first-order valence-electron chi connectivity index (χ1n) is 3.82. The zero-order valence-corrected chi connectivity index (χ0v) is 7.04. The Morgan fingerprint density at radius 1 is 1.50 bits per heavy atom. The molecule has 1 fully saturated rings. The number of nitrogens with zero attached hydrogens (tertiary/aromatic N) is 1. The van der Waals surface area contributed by atoms with Gasteiger partial charge < -0.3 is 0 Å². The summed E-state index contributed by atoms with van der Waals surface area (Å²) < 4.78 is 0. The monoisotopic (exact) mass is 168 g/mol. The highest BCUT2D eigenvalue weighted by atomic mass is 16.2. The number of carbonyl (C=O) groups is 2. The summed E-state index contributed by atoms with van der Waals surface area (Å²) in [6.07, 6.45) is 1.71. The lowest BCUT2D eigenvalue weighted by Gasteiger charge is -2.28. The van der Waals surface area contributed by atoms with Crippen LogP contribution in [-0.2, 0) is 9.59 Å². The van der Waals surface area contributed by atoms with Gasteiger partial charge in [-0.2, -0.15) is 0 Å². The van der Waals surface area contributed by atoms with E-state index in [1.54, 1.807) is 11.0 Å². The zero-order valence-electron chi connectivity index (χ0n) is 7.04. The van der Waals surface area contributed by atoms with E-state index in [0.717, 1.165) is 0 Å². The molecule has 2 amide bonds. The quantitative estimate of drug-likeness (QED) is 0.447. The third-order valence-electron chi connectivity index (χ3n) is 1.89. The van der Waals surface area contributed by atoms with Gasteiger partial charge in [0.25, 0.3) is 0 Å². The molecule has 4 nitrogen and oxygen atoms in total. The van der Waals surface area contributed by atoms with E-state index in [1.165, 1.54) is 0 Å². The molecule has 0 aromatic carbocycles. The fourth-order valence-electron chi connectivity index (χ4n) is 1.10. The molecule has 1 rings (SSSR count). The number of carbonyl (C=O) groups excluding carboxylic acids is 2. The minimum atomic E-state index is -0.236. The number of piperazine rings is 1. The lowest BCUT2D eigenvalue weighted by Crippen LogP contribution is -2.53. The molecular formula is C8H12N2O2. The summed E-state index contributed by atoms with van der Waals surface area (Å²) in [5, 5.41) is 2.23. The minimum Gasteiger partial charge on any atom is -0.294 e. The van der Waals surface area contributed by atoms with Crippen LogP contribution in [0.1, 0.15) is 6.92 Å². The fourth-order valence-corrected chi connectivity index (χ4v) is 1.10. The fraction of sp³-hybridized carbons (Fsp3) is 0.500. The average molecular weight is 168 g/mol. The van der Waals surface area contributed by atoms with E-state index in [0.29, 0.717) is 0 Å². The van der Waals surface area contributed by atoms with E-state index in [2.05, 4.69) is 11.9 Å². The Morgan fingerprint density at radius 2 is 2.00 bits per heavy atom. The summed E-state index contributed by atoms with van der Waals surface area (Å²) in [4.78, 5) is 23.6. The molecule has 1 aliphatic rings. The number of imide groups is 1. The average Bonchev–Trinajstić information content (AvgIpc) is 2.01. The first-order valence-corrected chi connectivity index (χ1v) is 3.82. The standard InChI is InChI=1S/C8H12N2O2/c1-3-6(2)10-4-7(11)9-8(12)5-10/h3,6H,1,4-5H2,2H3,(H,9,11,12). The summed E-state index contributed by atoms with van der Waals surface area (Å²) in [6, 6.07) is 0.0694. The van der Waals surface area contributed by atoms with Gasteiger partial charge in [-0.25, -0.2) is 0 Å². The molecule has 0 saturated carbocycles. The molecule has 1 N–H and O–H groups in total. The first-order chi connectivity index (χ1) is 5.63. The van der Waals surface area contributed by atoms with Crippen LogP contribution >= 0.6 is 0 Å². The molecule has 4 heteroatoms. The van der Waals surface area contributed by atoms with Crippen molar-refractivity contribution in [1.29, 1.82) is 0 Å². The second-order valence-corrected chi connectivity index (χ2v) is 2.85. The predicted octanol–water partition coefficient (Wildman–Crippen LogP) is -0.481. The Morgan fingerprint density at radius 3 is 2.42 bits per heavy atom. The summed E-state index contributed by atoms with van der Waals surface area (Å²) in [6.45, 7) is 6.06. The van der Waals surface area contributed by atoms with Crippen LogP contribution < -0.4 is 5.32 Å². The van der Waals surface area contributed by atoms with Gasteiger partial charge >= 0.3 is 0 Å². The van der Waals surface area contributed by atoms with E-state index in [4.69, 9.17) is 0 Å². The van der Waals surface area contributed by atoms with Crippen molar-refractivity contribution in [2.75, 3.05) is 13.1 Å². The summed E-state index contributed by atoms with van der Waals surface area (Å²) in [5.74, 6) is -0.472. The Kier molecular flexibility index (Phi) is 2.60. The minimum absolute atomic E-state index is 0.0694. The number of rotatable bonds is 2. The van der Waals surface area contributed by atoms with Gasteiger partial charge in [-0.1, -0.05) is 6.08 Å². The van der Waals surface area contributed by atoms with Gasteiger partial charge in [0.2, 0.25) is 11.8 Å². The maximum atomic E-state index is 10.9. The van der Waals surface area contributed by atoms with Crippen molar-refractivity contribution in [3.05, 3.63) is 12.7 Å². The van der Waals surface area contributed by atoms with Gasteiger partial charge in [-0.15, -0.1) is 6.58 Å². The zero-order chi connectivity index (χ0) is 9.14. The van der Waals surface area contributed by atoms with Crippen LogP contribution in [0.3, 0.4) is 0 Å². The smallest absolute Gasteiger partial charge is 0.240 e. The Bertz CT molecular complexity index is 209. The highest BCUT2D eigenvalue weighted by Crippen LogP contribution is 2.02. The van der Waals surface area contributed by atoms with Crippen LogP contribution in [0.15, 0.2) is 12.7 Å². The molecule has 0 spiro atoms. The van der Waals surface area contributed by atoms with Crippen LogP contribution in [0.2, 0.25) is 0 Å². The molecule has 12 heavy (non-hydrogen) atoms.